The zero-order valence-electron chi connectivity index (χ0n) is 13.8. The van der Waals surface area contributed by atoms with Gasteiger partial charge < -0.3 is 5.32 Å². The maximum atomic E-state index is 3.88. The van der Waals surface area contributed by atoms with Gasteiger partial charge in [-0.05, 0) is 62.3 Å². The molecule has 116 valence electrons. The Labute approximate surface area is 125 Å². The maximum absolute atomic E-state index is 3.88. The van der Waals surface area contributed by atoms with E-state index in [1.54, 1.807) is 0 Å². The molecule has 0 aromatic rings. The summed E-state index contributed by atoms with van der Waals surface area (Å²) >= 11 is 0. The predicted molar refractivity (Wildman–Crippen MR) is 85.8 cm³/mol. The van der Waals surface area contributed by atoms with Gasteiger partial charge in [-0.15, -0.1) is 0 Å². The lowest BCUT2D eigenvalue weighted by atomic mass is 9.75. The molecule has 0 amide bonds. The predicted octanol–water partition coefficient (Wildman–Crippen LogP) is 3.52. The second-order valence-corrected chi connectivity index (χ2v) is 8.01. The average molecular weight is 278 g/mol. The van der Waals surface area contributed by atoms with Crippen LogP contribution >= 0.6 is 0 Å². The second kappa shape index (κ2) is 6.36. The molecular formula is C18H34N2. The van der Waals surface area contributed by atoms with Crippen molar-refractivity contribution in [2.24, 2.45) is 23.7 Å². The van der Waals surface area contributed by atoms with Crippen LogP contribution in [0.5, 0.6) is 0 Å². The summed E-state index contributed by atoms with van der Waals surface area (Å²) in [5, 5.41) is 3.88. The quantitative estimate of drug-likeness (QED) is 0.846. The van der Waals surface area contributed by atoms with Crippen LogP contribution in [-0.2, 0) is 0 Å². The fourth-order valence-corrected chi connectivity index (χ4v) is 5.50. The van der Waals surface area contributed by atoms with Crippen molar-refractivity contribution in [3.63, 3.8) is 0 Å². The lowest BCUT2D eigenvalue weighted by Gasteiger charge is -2.45. The summed E-state index contributed by atoms with van der Waals surface area (Å²) in [4.78, 5) is 2.89. The Hall–Kier alpha value is -0.0800. The van der Waals surface area contributed by atoms with Crippen molar-refractivity contribution < 1.29 is 0 Å². The van der Waals surface area contributed by atoms with E-state index in [2.05, 4.69) is 31.0 Å². The van der Waals surface area contributed by atoms with Gasteiger partial charge in [-0.1, -0.05) is 27.2 Å². The zero-order chi connectivity index (χ0) is 14.1. The van der Waals surface area contributed by atoms with Crippen molar-refractivity contribution >= 4 is 0 Å². The van der Waals surface area contributed by atoms with Gasteiger partial charge in [0.25, 0.3) is 0 Å². The summed E-state index contributed by atoms with van der Waals surface area (Å²) < 4.78 is 0. The van der Waals surface area contributed by atoms with Crippen molar-refractivity contribution in [1.82, 2.24) is 10.2 Å². The first-order valence-electron chi connectivity index (χ1n) is 9.16. The second-order valence-electron chi connectivity index (χ2n) is 8.01. The first-order chi connectivity index (χ1) is 9.69. The molecule has 3 rings (SSSR count). The zero-order valence-corrected chi connectivity index (χ0v) is 13.8. The normalized spacial score (nSPS) is 45.8. The highest BCUT2D eigenvalue weighted by Crippen LogP contribution is 2.42. The van der Waals surface area contributed by atoms with E-state index >= 15 is 0 Å². The third kappa shape index (κ3) is 2.92. The van der Waals surface area contributed by atoms with Gasteiger partial charge in [-0.2, -0.15) is 0 Å². The number of likely N-dealkylation sites (tertiary alicyclic amines) is 1. The van der Waals surface area contributed by atoms with Gasteiger partial charge in [0.05, 0.1) is 0 Å². The summed E-state index contributed by atoms with van der Waals surface area (Å²) in [7, 11) is 0. The van der Waals surface area contributed by atoms with Crippen LogP contribution in [0, 0.1) is 23.7 Å². The summed E-state index contributed by atoms with van der Waals surface area (Å²) in [5.74, 6) is 3.84. The lowest BCUT2D eigenvalue weighted by molar-refractivity contribution is 0.0730. The number of nitrogens with zero attached hydrogens (tertiary/aromatic N) is 1. The number of nitrogens with one attached hydrogen (secondary N) is 1. The largest absolute Gasteiger partial charge is 0.312 e. The highest BCUT2D eigenvalue weighted by Gasteiger charge is 2.44. The highest BCUT2D eigenvalue weighted by molar-refractivity contribution is 4.99. The molecule has 2 heteroatoms. The van der Waals surface area contributed by atoms with Gasteiger partial charge in [-0.3, -0.25) is 4.90 Å². The van der Waals surface area contributed by atoms with Crippen LogP contribution in [0.2, 0.25) is 0 Å². The van der Waals surface area contributed by atoms with E-state index in [9.17, 15) is 0 Å². The van der Waals surface area contributed by atoms with E-state index in [1.165, 1.54) is 58.2 Å². The summed E-state index contributed by atoms with van der Waals surface area (Å²) in [5.41, 5.74) is 0. The minimum Gasteiger partial charge on any atom is -0.312 e. The first kappa shape index (κ1) is 14.8. The molecule has 6 unspecified atom stereocenters. The molecule has 3 aliphatic rings. The molecular weight excluding hydrogens is 244 g/mol. The van der Waals surface area contributed by atoms with Gasteiger partial charge >= 0.3 is 0 Å². The van der Waals surface area contributed by atoms with Crippen molar-refractivity contribution in [3.05, 3.63) is 0 Å². The lowest BCUT2D eigenvalue weighted by Crippen LogP contribution is -2.56. The molecule has 0 spiro atoms. The van der Waals surface area contributed by atoms with Crippen molar-refractivity contribution in [3.8, 4) is 0 Å². The Kier molecular flexibility index (Phi) is 4.72. The van der Waals surface area contributed by atoms with Gasteiger partial charge in [-0.25, -0.2) is 0 Å². The molecule has 20 heavy (non-hydrogen) atoms. The number of fused-ring (bicyclic) bond motifs is 1. The Morgan fingerprint density at radius 1 is 1.05 bits per heavy atom. The highest BCUT2D eigenvalue weighted by atomic mass is 15.2. The Morgan fingerprint density at radius 2 is 1.75 bits per heavy atom. The number of rotatable bonds is 4. The molecule has 1 saturated heterocycles. The van der Waals surface area contributed by atoms with E-state index in [0.717, 1.165) is 35.8 Å². The summed E-state index contributed by atoms with van der Waals surface area (Å²) in [6, 6.07) is 1.55. The van der Waals surface area contributed by atoms with Gasteiger partial charge in [0.2, 0.25) is 0 Å². The first-order valence-corrected chi connectivity index (χ1v) is 9.16. The fraction of sp³-hybridized carbons (Fsp3) is 1.00. The van der Waals surface area contributed by atoms with Crippen LogP contribution in [0.1, 0.15) is 59.3 Å². The van der Waals surface area contributed by atoms with E-state index in [4.69, 9.17) is 0 Å². The van der Waals surface area contributed by atoms with Gasteiger partial charge in [0.1, 0.15) is 0 Å². The van der Waals surface area contributed by atoms with E-state index in [1.807, 2.05) is 0 Å². The van der Waals surface area contributed by atoms with Crippen LogP contribution in [0.4, 0.5) is 0 Å². The van der Waals surface area contributed by atoms with Gasteiger partial charge in [0, 0.05) is 25.2 Å². The number of hydrogen-bond acceptors (Lipinski definition) is 2. The average Bonchev–Trinajstić information content (AvgIpc) is 2.96. The van der Waals surface area contributed by atoms with E-state index in [-0.39, 0.29) is 0 Å². The van der Waals surface area contributed by atoms with Crippen LogP contribution in [0.25, 0.3) is 0 Å². The van der Waals surface area contributed by atoms with Gasteiger partial charge in [0.15, 0.2) is 0 Å². The Balaban J connectivity index is 1.67. The van der Waals surface area contributed by atoms with Crippen LogP contribution in [-0.4, -0.2) is 36.6 Å². The maximum Gasteiger partial charge on any atom is 0.0275 e. The monoisotopic (exact) mass is 278 g/mol. The Morgan fingerprint density at radius 3 is 2.40 bits per heavy atom. The molecule has 0 aromatic heterocycles. The molecule has 1 heterocycles. The number of hydrogen-bond donors (Lipinski definition) is 1. The Bertz CT molecular complexity index is 303. The van der Waals surface area contributed by atoms with Crippen LogP contribution < -0.4 is 5.32 Å². The molecule has 1 aliphatic heterocycles. The molecule has 1 N–H and O–H groups in total. The third-order valence-electron chi connectivity index (χ3n) is 6.26. The molecule has 2 aliphatic carbocycles. The van der Waals surface area contributed by atoms with Crippen LogP contribution in [0.3, 0.4) is 0 Å². The molecule has 0 aromatic carbocycles. The van der Waals surface area contributed by atoms with Crippen molar-refractivity contribution in [2.75, 3.05) is 19.6 Å². The standard InChI is InChI=1S/C18H34N2/c1-4-8-19-17-10-13(2)9-14(3)18(17)20-11-15-6-5-7-16(15)12-20/h13-19H,4-12H2,1-3H3. The van der Waals surface area contributed by atoms with Crippen molar-refractivity contribution in [2.45, 2.75) is 71.4 Å². The smallest absolute Gasteiger partial charge is 0.0275 e. The van der Waals surface area contributed by atoms with Crippen LogP contribution in [0.15, 0.2) is 0 Å². The van der Waals surface area contributed by atoms with E-state index in [0.29, 0.717) is 0 Å². The van der Waals surface area contributed by atoms with Crippen molar-refractivity contribution in [1.29, 1.82) is 0 Å². The molecule has 3 fully saturated rings. The minimum absolute atomic E-state index is 0.743. The molecule has 2 saturated carbocycles. The SMILES string of the molecule is CCCNC1CC(C)CC(C)C1N1CC2CCCC2C1. The topological polar surface area (TPSA) is 15.3 Å². The molecule has 0 bridgehead atoms. The summed E-state index contributed by atoms with van der Waals surface area (Å²) in [6.07, 6.45) is 8.59. The minimum atomic E-state index is 0.743. The third-order valence-corrected chi connectivity index (χ3v) is 6.26. The molecule has 6 atom stereocenters. The molecule has 2 nitrogen and oxygen atoms in total. The summed E-state index contributed by atoms with van der Waals surface area (Å²) in [6.45, 7) is 11.2. The fourth-order valence-electron chi connectivity index (χ4n) is 5.50. The molecule has 0 radical (unpaired) electrons. The van der Waals surface area contributed by atoms with E-state index < -0.39 is 0 Å².